The van der Waals surface area contributed by atoms with Crippen LogP contribution in [0, 0.1) is 11.3 Å². The van der Waals surface area contributed by atoms with Crippen LogP contribution in [0.4, 0.5) is 0 Å². The highest BCUT2D eigenvalue weighted by Gasteiger charge is 2.40. The maximum Gasteiger partial charge on any atom is 0.175 e. The number of hydrogen-bond donors (Lipinski definition) is 0. The average molecular weight is 175 g/mol. The third-order valence-electron chi connectivity index (χ3n) is 2.06. The smallest absolute Gasteiger partial charge is 0.175 e. The van der Waals surface area contributed by atoms with Gasteiger partial charge in [-0.2, -0.15) is 5.26 Å². The van der Waals surface area contributed by atoms with E-state index in [1.54, 1.807) is 7.11 Å². The van der Waals surface area contributed by atoms with Gasteiger partial charge in [0, 0.05) is 0 Å². The Kier molecular flexibility index (Phi) is 1.91. The summed E-state index contributed by atoms with van der Waals surface area (Å²) in [5.74, 6) is 0.818. The van der Waals surface area contributed by atoms with Crippen molar-refractivity contribution in [1.29, 1.82) is 5.26 Å². The Bertz CT molecular complexity index is 339. The van der Waals surface area contributed by atoms with Gasteiger partial charge in [0.2, 0.25) is 0 Å². The second-order valence-electron chi connectivity index (χ2n) is 2.88. The molecule has 13 heavy (non-hydrogen) atoms. The van der Waals surface area contributed by atoms with Gasteiger partial charge in [-0.1, -0.05) is 12.1 Å². The molecule has 0 aliphatic carbocycles. The van der Waals surface area contributed by atoms with Gasteiger partial charge in [0.05, 0.1) is 13.2 Å². The van der Waals surface area contributed by atoms with Crippen LogP contribution >= 0.6 is 0 Å². The molecule has 1 aromatic rings. The summed E-state index contributed by atoms with van der Waals surface area (Å²) in [5.41, 5.74) is 1.03. The van der Waals surface area contributed by atoms with Gasteiger partial charge in [0.15, 0.2) is 6.10 Å². The van der Waals surface area contributed by atoms with Crippen LogP contribution in [-0.2, 0) is 4.74 Å². The highest BCUT2D eigenvalue weighted by atomic mass is 16.6. The van der Waals surface area contributed by atoms with Crippen molar-refractivity contribution in [3.63, 3.8) is 0 Å². The number of nitrogens with zero attached hydrogens (tertiary/aromatic N) is 1. The third-order valence-corrected chi connectivity index (χ3v) is 2.06. The lowest BCUT2D eigenvalue weighted by Crippen LogP contribution is -1.86. The van der Waals surface area contributed by atoms with Crippen LogP contribution < -0.4 is 4.74 Å². The Labute approximate surface area is 76.5 Å². The van der Waals surface area contributed by atoms with Crippen molar-refractivity contribution in [2.75, 3.05) is 7.11 Å². The molecular formula is C10H9NO2. The van der Waals surface area contributed by atoms with E-state index >= 15 is 0 Å². The molecule has 0 unspecified atom stereocenters. The van der Waals surface area contributed by atoms with Crippen LogP contribution in [-0.4, -0.2) is 13.2 Å². The van der Waals surface area contributed by atoms with Gasteiger partial charge >= 0.3 is 0 Å². The van der Waals surface area contributed by atoms with Gasteiger partial charge in [-0.3, -0.25) is 0 Å². The highest BCUT2D eigenvalue weighted by molar-refractivity contribution is 5.32. The van der Waals surface area contributed by atoms with Crippen LogP contribution in [0.5, 0.6) is 5.75 Å². The first-order valence-electron chi connectivity index (χ1n) is 4.04. The van der Waals surface area contributed by atoms with Crippen LogP contribution in [0.1, 0.15) is 11.7 Å². The molecule has 2 rings (SSSR count). The highest BCUT2D eigenvalue weighted by Crippen LogP contribution is 2.38. The molecule has 3 nitrogen and oxygen atoms in total. The van der Waals surface area contributed by atoms with Crippen molar-refractivity contribution in [2.24, 2.45) is 0 Å². The van der Waals surface area contributed by atoms with E-state index in [9.17, 15) is 0 Å². The molecule has 0 spiro atoms. The predicted octanol–water partition coefficient (Wildman–Crippen LogP) is 1.66. The summed E-state index contributed by atoms with van der Waals surface area (Å²) in [6.07, 6.45) is -0.288. The summed E-state index contributed by atoms with van der Waals surface area (Å²) in [7, 11) is 1.63. The molecule has 1 heterocycles. The second-order valence-corrected chi connectivity index (χ2v) is 2.88. The van der Waals surface area contributed by atoms with E-state index in [4.69, 9.17) is 14.7 Å². The second kappa shape index (κ2) is 3.08. The summed E-state index contributed by atoms with van der Waals surface area (Å²) >= 11 is 0. The lowest BCUT2D eigenvalue weighted by atomic mass is 10.1. The number of rotatable bonds is 2. The minimum Gasteiger partial charge on any atom is -0.497 e. The fourth-order valence-corrected chi connectivity index (χ4v) is 1.26. The van der Waals surface area contributed by atoms with Crippen LogP contribution in [0.2, 0.25) is 0 Å². The topological polar surface area (TPSA) is 45.5 Å². The van der Waals surface area contributed by atoms with Crippen molar-refractivity contribution in [3.05, 3.63) is 29.8 Å². The summed E-state index contributed by atoms with van der Waals surface area (Å²) in [6.45, 7) is 0. The molecule has 0 N–H and O–H groups in total. The quantitative estimate of drug-likeness (QED) is 0.642. The van der Waals surface area contributed by atoms with Gasteiger partial charge in [0.1, 0.15) is 11.9 Å². The molecule has 3 heteroatoms. The largest absolute Gasteiger partial charge is 0.497 e. The van der Waals surface area contributed by atoms with Crippen LogP contribution in [0.15, 0.2) is 24.3 Å². The van der Waals surface area contributed by atoms with Crippen molar-refractivity contribution in [2.45, 2.75) is 12.2 Å². The fraction of sp³-hybridized carbons (Fsp3) is 0.300. The number of hydrogen-bond acceptors (Lipinski definition) is 3. The van der Waals surface area contributed by atoms with E-state index < -0.39 is 0 Å². The maximum atomic E-state index is 8.54. The molecule has 0 amide bonds. The molecule has 1 saturated heterocycles. The number of ether oxygens (including phenoxy) is 2. The van der Waals surface area contributed by atoms with Gasteiger partial charge in [-0.25, -0.2) is 0 Å². The third kappa shape index (κ3) is 1.49. The number of methoxy groups -OCH3 is 1. The molecule has 2 atom stereocenters. The Morgan fingerprint density at radius 1 is 1.38 bits per heavy atom. The predicted molar refractivity (Wildman–Crippen MR) is 46.2 cm³/mol. The zero-order chi connectivity index (χ0) is 9.26. The first kappa shape index (κ1) is 8.09. The first-order valence-corrected chi connectivity index (χ1v) is 4.04. The molecule has 0 bridgehead atoms. The van der Waals surface area contributed by atoms with Crippen LogP contribution in [0.25, 0.3) is 0 Å². The average Bonchev–Trinajstić information content (AvgIpc) is 2.97. The van der Waals surface area contributed by atoms with Crippen molar-refractivity contribution < 1.29 is 9.47 Å². The lowest BCUT2D eigenvalue weighted by molar-refractivity contribution is 0.395. The summed E-state index contributed by atoms with van der Waals surface area (Å²) < 4.78 is 10.1. The number of benzene rings is 1. The SMILES string of the molecule is COc1ccc([C@H]2O[C@H]2C#N)cc1. The van der Waals surface area contributed by atoms with Crippen molar-refractivity contribution in [1.82, 2.24) is 0 Å². The molecule has 1 aliphatic heterocycles. The molecule has 0 aromatic heterocycles. The molecule has 1 fully saturated rings. The number of epoxide rings is 1. The fourth-order valence-electron chi connectivity index (χ4n) is 1.26. The minimum atomic E-state index is -0.256. The van der Waals surface area contributed by atoms with E-state index in [-0.39, 0.29) is 12.2 Å². The van der Waals surface area contributed by atoms with Crippen LogP contribution in [0.3, 0.4) is 0 Å². The normalized spacial score (nSPS) is 24.9. The summed E-state index contributed by atoms with van der Waals surface area (Å²) in [6, 6.07) is 9.63. The Balaban J connectivity index is 2.12. The van der Waals surface area contributed by atoms with Gasteiger partial charge in [0.25, 0.3) is 0 Å². The Morgan fingerprint density at radius 2 is 2.08 bits per heavy atom. The van der Waals surface area contributed by atoms with E-state index in [1.165, 1.54) is 0 Å². The lowest BCUT2D eigenvalue weighted by Gasteiger charge is -1.99. The standard InChI is InChI=1S/C10H9NO2/c1-12-8-4-2-7(3-5-8)10-9(6-11)13-10/h2-5,9-10H,1H3/t9-,10+/m0/s1. The molecule has 0 radical (unpaired) electrons. The van der Waals surface area contributed by atoms with Gasteiger partial charge in [-0.15, -0.1) is 0 Å². The first-order chi connectivity index (χ1) is 6.35. The molecule has 1 aromatic carbocycles. The minimum absolute atomic E-state index is 0.0316. The Hall–Kier alpha value is -1.53. The zero-order valence-electron chi connectivity index (χ0n) is 7.23. The zero-order valence-corrected chi connectivity index (χ0v) is 7.23. The van der Waals surface area contributed by atoms with E-state index in [1.807, 2.05) is 24.3 Å². The molecule has 66 valence electrons. The molecule has 0 saturated carbocycles. The van der Waals surface area contributed by atoms with E-state index in [0.29, 0.717) is 0 Å². The van der Waals surface area contributed by atoms with E-state index in [2.05, 4.69) is 6.07 Å². The van der Waals surface area contributed by atoms with Crippen molar-refractivity contribution >= 4 is 0 Å². The summed E-state index contributed by atoms with van der Waals surface area (Å²) in [5, 5.41) is 8.54. The summed E-state index contributed by atoms with van der Waals surface area (Å²) in [4.78, 5) is 0. The van der Waals surface area contributed by atoms with Crippen molar-refractivity contribution in [3.8, 4) is 11.8 Å². The number of nitriles is 1. The Morgan fingerprint density at radius 3 is 2.54 bits per heavy atom. The monoisotopic (exact) mass is 175 g/mol. The maximum absolute atomic E-state index is 8.54. The van der Waals surface area contributed by atoms with E-state index in [0.717, 1.165) is 11.3 Å². The molecule has 1 aliphatic rings. The molecular weight excluding hydrogens is 166 g/mol. The van der Waals surface area contributed by atoms with Gasteiger partial charge in [-0.05, 0) is 17.7 Å². The van der Waals surface area contributed by atoms with Gasteiger partial charge < -0.3 is 9.47 Å².